The second kappa shape index (κ2) is 8.82. The van der Waals surface area contributed by atoms with E-state index in [1.165, 1.54) is 18.1 Å². The molecule has 1 aromatic carbocycles. The van der Waals surface area contributed by atoms with Crippen LogP contribution < -0.4 is 0 Å². The standard InChI is InChI=1S/C22H25N5O3S2/c28-20(26(16-6-4-5-7-16)18-10-11-32(29,30)14-18)13-31-22-19-12-25-27(21(19)23-15-24-22)17-8-2-1-3-9-17/h1-3,8-9,12,15-16,18H,4-7,10-11,13-14H2. The molecular weight excluding hydrogens is 446 g/mol. The Bertz CT molecular complexity index is 1220. The highest BCUT2D eigenvalue weighted by molar-refractivity contribution is 8.00. The zero-order chi connectivity index (χ0) is 22.1. The number of para-hydroxylation sites is 1. The lowest BCUT2D eigenvalue weighted by Gasteiger charge is -2.34. The first-order valence-corrected chi connectivity index (χ1v) is 13.7. The highest BCUT2D eigenvalue weighted by Crippen LogP contribution is 2.31. The molecule has 0 radical (unpaired) electrons. The van der Waals surface area contributed by atoms with E-state index < -0.39 is 9.84 Å². The summed E-state index contributed by atoms with van der Waals surface area (Å²) in [6.45, 7) is 0. The van der Waals surface area contributed by atoms with E-state index in [1.807, 2.05) is 35.2 Å². The first kappa shape index (κ1) is 21.4. The number of hydrogen-bond acceptors (Lipinski definition) is 7. The number of benzene rings is 1. The van der Waals surface area contributed by atoms with E-state index in [-0.39, 0.29) is 35.2 Å². The molecule has 0 N–H and O–H groups in total. The molecule has 3 aromatic rings. The Morgan fingerprint density at radius 3 is 2.59 bits per heavy atom. The summed E-state index contributed by atoms with van der Waals surface area (Å²) in [5.74, 6) is 0.468. The summed E-state index contributed by atoms with van der Waals surface area (Å²) in [4.78, 5) is 24.0. The fourth-order valence-corrected chi connectivity index (χ4v) is 7.32. The number of hydrogen-bond donors (Lipinski definition) is 0. The third-order valence-electron chi connectivity index (χ3n) is 6.27. The van der Waals surface area contributed by atoms with E-state index in [2.05, 4.69) is 15.1 Å². The molecule has 2 aromatic heterocycles. The van der Waals surface area contributed by atoms with Crippen LogP contribution in [0.15, 0.2) is 47.9 Å². The number of nitrogens with zero attached hydrogens (tertiary/aromatic N) is 5. The number of aromatic nitrogens is 4. The molecule has 168 valence electrons. The minimum Gasteiger partial charge on any atom is -0.335 e. The smallest absolute Gasteiger partial charge is 0.233 e. The minimum atomic E-state index is -3.06. The highest BCUT2D eigenvalue weighted by atomic mass is 32.2. The number of carbonyl (C=O) groups excluding carboxylic acids is 1. The van der Waals surface area contributed by atoms with Crippen LogP contribution in [0.2, 0.25) is 0 Å². The van der Waals surface area contributed by atoms with Gasteiger partial charge in [0.05, 0.1) is 34.5 Å². The summed E-state index contributed by atoms with van der Waals surface area (Å²) < 4.78 is 25.9. The maximum Gasteiger partial charge on any atom is 0.233 e. The molecule has 1 saturated carbocycles. The van der Waals surface area contributed by atoms with Crippen molar-refractivity contribution in [1.82, 2.24) is 24.6 Å². The lowest BCUT2D eigenvalue weighted by Crippen LogP contribution is -2.47. The molecule has 1 unspecified atom stereocenters. The summed E-state index contributed by atoms with van der Waals surface area (Å²) in [5, 5.41) is 5.97. The molecule has 2 aliphatic rings. The van der Waals surface area contributed by atoms with Gasteiger partial charge in [-0.05, 0) is 31.4 Å². The summed E-state index contributed by atoms with van der Waals surface area (Å²) in [5.41, 5.74) is 1.60. The van der Waals surface area contributed by atoms with E-state index in [0.717, 1.165) is 36.8 Å². The minimum absolute atomic E-state index is 0.00814. The first-order valence-electron chi connectivity index (χ1n) is 10.9. The molecule has 2 fully saturated rings. The average Bonchev–Trinajstić information content (AvgIpc) is 3.53. The van der Waals surface area contributed by atoms with Gasteiger partial charge >= 0.3 is 0 Å². The maximum atomic E-state index is 13.3. The molecule has 3 heterocycles. The van der Waals surface area contributed by atoms with Crippen LogP contribution in [-0.4, -0.2) is 68.3 Å². The van der Waals surface area contributed by atoms with Gasteiger partial charge in [-0.25, -0.2) is 23.1 Å². The van der Waals surface area contributed by atoms with Crippen LogP contribution in [-0.2, 0) is 14.6 Å². The largest absolute Gasteiger partial charge is 0.335 e. The number of fused-ring (bicyclic) bond motifs is 1. The van der Waals surface area contributed by atoms with E-state index in [9.17, 15) is 13.2 Å². The first-order chi connectivity index (χ1) is 15.5. The molecule has 1 aliphatic carbocycles. The topological polar surface area (TPSA) is 98.1 Å². The maximum absolute atomic E-state index is 13.3. The van der Waals surface area contributed by atoms with Crippen molar-refractivity contribution in [3.8, 4) is 5.69 Å². The Morgan fingerprint density at radius 2 is 1.88 bits per heavy atom. The number of carbonyl (C=O) groups is 1. The van der Waals surface area contributed by atoms with Crippen LogP contribution >= 0.6 is 11.8 Å². The second-order valence-electron chi connectivity index (χ2n) is 8.39. The zero-order valence-corrected chi connectivity index (χ0v) is 19.3. The summed E-state index contributed by atoms with van der Waals surface area (Å²) in [7, 11) is -3.06. The van der Waals surface area contributed by atoms with Crippen molar-refractivity contribution < 1.29 is 13.2 Å². The quantitative estimate of drug-likeness (QED) is 0.403. The number of sulfone groups is 1. The van der Waals surface area contributed by atoms with Gasteiger partial charge in [0.2, 0.25) is 5.91 Å². The molecule has 8 nitrogen and oxygen atoms in total. The highest BCUT2D eigenvalue weighted by Gasteiger charge is 2.38. The molecule has 10 heteroatoms. The van der Waals surface area contributed by atoms with Crippen molar-refractivity contribution in [3.63, 3.8) is 0 Å². The third-order valence-corrected chi connectivity index (χ3v) is 9.01. The van der Waals surface area contributed by atoms with Crippen molar-refractivity contribution in [2.24, 2.45) is 0 Å². The van der Waals surface area contributed by atoms with Crippen molar-refractivity contribution >= 4 is 38.5 Å². The Balaban J connectivity index is 1.36. The molecule has 1 saturated heterocycles. The van der Waals surface area contributed by atoms with E-state index >= 15 is 0 Å². The normalized spacial score (nSPS) is 20.7. The molecular formula is C22H25N5O3S2. The number of rotatable bonds is 6. The van der Waals surface area contributed by atoms with Gasteiger partial charge in [0, 0.05) is 12.1 Å². The Kier molecular flexibility index (Phi) is 5.90. The van der Waals surface area contributed by atoms with Gasteiger partial charge in [-0.1, -0.05) is 42.8 Å². The predicted octanol–water partition coefficient (Wildman–Crippen LogP) is 2.87. The fraction of sp³-hybridized carbons (Fsp3) is 0.455. The van der Waals surface area contributed by atoms with E-state index in [0.29, 0.717) is 17.1 Å². The van der Waals surface area contributed by atoms with Gasteiger partial charge in [-0.3, -0.25) is 4.79 Å². The van der Waals surface area contributed by atoms with E-state index in [4.69, 9.17) is 0 Å². The van der Waals surface area contributed by atoms with E-state index in [1.54, 1.807) is 10.9 Å². The predicted molar refractivity (Wildman–Crippen MR) is 124 cm³/mol. The van der Waals surface area contributed by atoms with Crippen molar-refractivity contribution in [3.05, 3.63) is 42.9 Å². The van der Waals surface area contributed by atoms with Crippen molar-refractivity contribution in [2.75, 3.05) is 17.3 Å². The van der Waals surface area contributed by atoms with Crippen LogP contribution in [0.1, 0.15) is 32.1 Å². The zero-order valence-electron chi connectivity index (χ0n) is 17.6. The lowest BCUT2D eigenvalue weighted by atomic mass is 10.1. The molecule has 1 atom stereocenters. The van der Waals surface area contributed by atoms with Crippen LogP contribution in [0.5, 0.6) is 0 Å². The van der Waals surface area contributed by atoms with Gasteiger partial charge in [0.15, 0.2) is 15.5 Å². The Morgan fingerprint density at radius 1 is 1.09 bits per heavy atom. The summed E-state index contributed by atoms with van der Waals surface area (Å²) >= 11 is 1.37. The molecule has 32 heavy (non-hydrogen) atoms. The SMILES string of the molecule is O=C(CSc1ncnc2c1cnn2-c1ccccc1)N(C1CCCC1)C1CCS(=O)(=O)C1. The second-order valence-corrected chi connectivity index (χ2v) is 11.6. The lowest BCUT2D eigenvalue weighted by molar-refractivity contribution is -0.132. The van der Waals surface area contributed by atoms with Gasteiger partial charge in [0.25, 0.3) is 0 Å². The molecule has 5 rings (SSSR count). The number of thioether (sulfide) groups is 1. The Labute approximate surface area is 191 Å². The molecule has 1 aliphatic heterocycles. The van der Waals surface area contributed by atoms with Crippen LogP contribution in [0.4, 0.5) is 0 Å². The number of amides is 1. The van der Waals surface area contributed by atoms with Gasteiger partial charge in [-0.15, -0.1) is 0 Å². The third kappa shape index (κ3) is 4.25. The van der Waals surface area contributed by atoms with Gasteiger partial charge in [0.1, 0.15) is 11.4 Å². The van der Waals surface area contributed by atoms with Gasteiger partial charge < -0.3 is 4.90 Å². The van der Waals surface area contributed by atoms with Crippen LogP contribution in [0.25, 0.3) is 16.7 Å². The molecule has 1 amide bonds. The van der Waals surface area contributed by atoms with Gasteiger partial charge in [-0.2, -0.15) is 5.10 Å². The Hall–Kier alpha value is -2.46. The van der Waals surface area contributed by atoms with Crippen molar-refractivity contribution in [2.45, 2.75) is 49.2 Å². The average molecular weight is 472 g/mol. The molecule has 0 bridgehead atoms. The van der Waals surface area contributed by atoms with Crippen molar-refractivity contribution in [1.29, 1.82) is 0 Å². The molecule has 0 spiro atoms. The monoisotopic (exact) mass is 471 g/mol. The summed E-state index contributed by atoms with van der Waals surface area (Å²) in [6, 6.07) is 9.69. The van der Waals surface area contributed by atoms with Crippen LogP contribution in [0, 0.1) is 0 Å². The van der Waals surface area contributed by atoms with Crippen LogP contribution in [0.3, 0.4) is 0 Å². The summed E-state index contributed by atoms with van der Waals surface area (Å²) in [6.07, 6.45) is 7.85. The fourth-order valence-electron chi connectivity index (χ4n) is 4.78.